The first-order valence-corrected chi connectivity index (χ1v) is 7.74. The van der Waals surface area contributed by atoms with E-state index in [1.165, 1.54) is 12.1 Å². The molecule has 5 heteroatoms. The second-order valence-corrected chi connectivity index (χ2v) is 6.31. The van der Waals surface area contributed by atoms with Gasteiger partial charge < -0.3 is 10.4 Å². The Bertz CT molecular complexity index is 461. The number of carboxylic acid groups (broad SMARTS) is 1. The van der Waals surface area contributed by atoms with Crippen LogP contribution < -0.4 is 5.32 Å². The maximum atomic E-state index is 13.2. The van der Waals surface area contributed by atoms with Crippen LogP contribution in [0.15, 0.2) is 22.7 Å². The summed E-state index contributed by atoms with van der Waals surface area (Å²) in [5, 5.41) is 12.5. The molecule has 20 heavy (non-hydrogen) atoms. The predicted octanol–water partition coefficient (Wildman–Crippen LogP) is 3.57. The molecule has 1 aliphatic rings. The van der Waals surface area contributed by atoms with Crippen LogP contribution in [0.1, 0.15) is 31.2 Å². The van der Waals surface area contributed by atoms with Crippen molar-refractivity contribution < 1.29 is 14.3 Å². The van der Waals surface area contributed by atoms with Crippen LogP contribution in [0, 0.1) is 17.7 Å². The SMILES string of the molecule is O=C(O)C1CCCCC1CNCc1cc(F)cc(Br)c1. The van der Waals surface area contributed by atoms with E-state index < -0.39 is 5.97 Å². The van der Waals surface area contributed by atoms with Crippen LogP contribution in [-0.2, 0) is 11.3 Å². The molecule has 0 saturated heterocycles. The molecule has 2 atom stereocenters. The predicted molar refractivity (Wildman–Crippen MR) is 78.9 cm³/mol. The van der Waals surface area contributed by atoms with Crippen LogP contribution in [0.2, 0.25) is 0 Å². The third kappa shape index (κ3) is 4.28. The Balaban J connectivity index is 1.86. The van der Waals surface area contributed by atoms with Crippen molar-refractivity contribution in [1.29, 1.82) is 0 Å². The zero-order chi connectivity index (χ0) is 14.5. The number of nitrogens with one attached hydrogen (secondary N) is 1. The second-order valence-electron chi connectivity index (χ2n) is 5.40. The number of benzene rings is 1. The van der Waals surface area contributed by atoms with Gasteiger partial charge >= 0.3 is 5.97 Å². The zero-order valence-electron chi connectivity index (χ0n) is 11.2. The molecule has 0 spiro atoms. The van der Waals surface area contributed by atoms with Crippen LogP contribution in [0.4, 0.5) is 4.39 Å². The summed E-state index contributed by atoms with van der Waals surface area (Å²) in [6.45, 7) is 1.23. The molecule has 1 aromatic carbocycles. The third-order valence-corrected chi connectivity index (χ3v) is 4.34. The van der Waals surface area contributed by atoms with E-state index in [1.807, 2.05) is 6.07 Å². The number of rotatable bonds is 5. The second kappa shape index (κ2) is 7.18. The number of halogens is 2. The summed E-state index contributed by atoms with van der Waals surface area (Å²) in [7, 11) is 0. The van der Waals surface area contributed by atoms with Gasteiger partial charge in [-0.2, -0.15) is 0 Å². The van der Waals surface area contributed by atoms with Gasteiger partial charge in [0.15, 0.2) is 0 Å². The van der Waals surface area contributed by atoms with E-state index in [9.17, 15) is 14.3 Å². The number of hydrogen-bond donors (Lipinski definition) is 2. The normalized spacial score (nSPS) is 22.7. The van der Waals surface area contributed by atoms with Gasteiger partial charge in [0.2, 0.25) is 0 Å². The first kappa shape index (κ1) is 15.4. The fourth-order valence-corrected chi connectivity index (χ4v) is 3.40. The van der Waals surface area contributed by atoms with Crippen molar-refractivity contribution in [2.45, 2.75) is 32.2 Å². The third-order valence-electron chi connectivity index (χ3n) is 3.88. The largest absolute Gasteiger partial charge is 0.481 e. The van der Waals surface area contributed by atoms with Gasteiger partial charge in [-0.1, -0.05) is 28.8 Å². The lowest BCUT2D eigenvalue weighted by Crippen LogP contribution is -2.34. The summed E-state index contributed by atoms with van der Waals surface area (Å²) in [4.78, 5) is 11.2. The van der Waals surface area contributed by atoms with Crippen LogP contribution in [0.5, 0.6) is 0 Å². The lowest BCUT2D eigenvalue weighted by molar-refractivity contribution is -0.144. The molecule has 1 aliphatic carbocycles. The number of carbonyl (C=O) groups is 1. The van der Waals surface area contributed by atoms with E-state index >= 15 is 0 Å². The summed E-state index contributed by atoms with van der Waals surface area (Å²) in [6, 6.07) is 4.78. The topological polar surface area (TPSA) is 49.3 Å². The fourth-order valence-electron chi connectivity index (χ4n) is 2.89. The van der Waals surface area contributed by atoms with Crippen molar-refractivity contribution in [3.63, 3.8) is 0 Å². The van der Waals surface area contributed by atoms with Crippen LogP contribution in [0.25, 0.3) is 0 Å². The van der Waals surface area contributed by atoms with Crippen molar-refractivity contribution in [2.75, 3.05) is 6.54 Å². The molecular weight excluding hydrogens is 325 g/mol. The van der Waals surface area contributed by atoms with Crippen molar-refractivity contribution in [3.05, 3.63) is 34.1 Å². The lowest BCUT2D eigenvalue weighted by atomic mass is 9.79. The minimum absolute atomic E-state index is 0.179. The average molecular weight is 344 g/mol. The van der Waals surface area contributed by atoms with E-state index in [-0.39, 0.29) is 17.7 Å². The van der Waals surface area contributed by atoms with Gasteiger partial charge in [-0.15, -0.1) is 0 Å². The summed E-state index contributed by atoms with van der Waals surface area (Å²) < 4.78 is 14.0. The van der Waals surface area contributed by atoms with Crippen molar-refractivity contribution in [3.8, 4) is 0 Å². The molecule has 1 saturated carbocycles. The molecule has 0 radical (unpaired) electrons. The van der Waals surface area contributed by atoms with Crippen molar-refractivity contribution in [2.24, 2.45) is 11.8 Å². The molecule has 2 unspecified atom stereocenters. The Hall–Kier alpha value is -0.940. The molecule has 2 N–H and O–H groups in total. The molecule has 0 amide bonds. The van der Waals surface area contributed by atoms with Crippen molar-refractivity contribution in [1.82, 2.24) is 5.32 Å². The maximum absolute atomic E-state index is 13.2. The highest BCUT2D eigenvalue weighted by atomic mass is 79.9. The van der Waals surface area contributed by atoms with E-state index in [1.54, 1.807) is 0 Å². The average Bonchev–Trinajstić information content (AvgIpc) is 2.38. The molecule has 0 bridgehead atoms. The summed E-state index contributed by atoms with van der Waals surface area (Å²) >= 11 is 3.26. The van der Waals surface area contributed by atoms with Gasteiger partial charge in [-0.05, 0) is 49.1 Å². The molecule has 3 nitrogen and oxygen atoms in total. The van der Waals surface area contributed by atoms with Gasteiger partial charge in [0.05, 0.1) is 5.92 Å². The minimum atomic E-state index is -0.690. The van der Waals surface area contributed by atoms with Gasteiger partial charge in [0.25, 0.3) is 0 Å². The smallest absolute Gasteiger partial charge is 0.306 e. The Kier molecular flexibility index (Phi) is 5.54. The molecular formula is C15H19BrFNO2. The maximum Gasteiger partial charge on any atom is 0.306 e. The van der Waals surface area contributed by atoms with Crippen LogP contribution >= 0.6 is 15.9 Å². The Morgan fingerprint density at radius 2 is 2.10 bits per heavy atom. The molecule has 110 valence electrons. The summed E-state index contributed by atoms with van der Waals surface area (Å²) in [5.74, 6) is -1.02. The first-order valence-electron chi connectivity index (χ1n) is 6.95. The number of aliphatic carboxylic acids is 1. The van der Waals surface area contributed by atoms with E-state index in [0.717, 1.165) is 35.7 Å². The quantitative estimate of drug-likeness (QED) is 0.859. The number of carboxylic acids is 1. The van der Waals surface area contributed by atoms with E-state index in [4.69, 9.17) is 0 Å². The van der Waals surface area contributed by atoms with Gasteiger partial charge in [-0.3, -0.25) is 4.79 Å². The van der Waals surface area contributed by atoms with Crippen LogP contribution in [0.3, 0.4) is 0 Å². The standard InChI is InChI=1S/C15H19BrFNO2/c16-12-5-10(6-13(17)7-12)8-18-9-11-3-1-2-4-14(11)15(19)20/h5-7,11,14,18H,1-4,8-9H2,(H,19,20). The van der Waals surface area contributed by atoms with Gasteiger partial charge in [-0.25, -0.2) is 4.39 Å². The van der Waals surface area contributed by atoms with Crippen molar-refractivity contribution >= 4 is 21.9 Å². The zero-order valence-corrected chi connectivity index (χ0v) is 12.8. The van der Waals surface area contributed by atoms with Crippen LogP contribution in [-0.4, -0.2) is 17.6 Å². The highest BCUT2D eigenvalue weighted by molar-refractivity contribution is 9.10. The molecule has 0 aliphatic heterocycles. The Morgan fingerprint density at radius 1 is 1.35 bits per heavy atom. The highest BCUT2D eigenvalue weighted by Gasteiger charge is 2.30. The van der Waals surface area contributed by atoms with Gasteiger partial charge in [0, 0.05) is 11.0 Å². The fraction of sp³-hybridized carbons (Fsp3) is 0.533. The monoisotopic (exact) mass is 343 g/mol. The van der Waals surface area contributed by atoms with Gasteiger partial charge in [0.1, 0.15) is 5.82 Å². The Morgan fingerprint density at radius 3 is 2.80 bits per heavy atom. The molecule has 1 fully saturated rings. The molecule has 2 rings (SSSR count). The molecule has 0 heterocycles. The lowest BCUT2D eigenvalue weighted by Gasteiger charge is -2.28. The Labute approximate surface area is 126 Å². The molecule has 0 aromatic heterocycles. The summed E-state index contributed by atoms with van der Waals surface area (Å²) in [6.07, 6.45) is 3.83. The van der Waals surface area contributed by atoms with E-state index in [0.29, 0.717) is 13.1 Å². The highest BCUT2D eigenvalue weighted by Crippen LogP contribution is 2.29. The molecule has 1 aromatic rings. The minimum Gasteiger partial charge on any atom is -0.481 e. The van der Waals surface area contributed by atoms with E-state index in [2.05, 4.69) is 21.2 Å². The first-order chi connectivity index (χ1) is 9.56. The summed E-state index contributed by atoms with van der Waals surface area (Å²) in [5.41, 5.74) is 0.861. The number of hydrogen-bond acceptors (Lipinski definition) is 2.